The van der Waals surface area contributed by atoms with Crippen molar-refractivity contribution >= 4 is 28.2 Å². The fourth-order valence-corrected chi connectivity index (χ4v) is 2.98. The zero-order valence-corrected chi connectivity index (χ0v) is 11.8. The lowest BCUT2D eigenvalue weighted by Crippen LogP contribution is -2.07. The molecule has 2 rings (SSSR count). The van der Waals surface area contributed by atoms with Crippen LogP contribution in [0.1, 0.15) is 11.1 Å². The van der Waals surface area contributed by atoms with Crippen LogP contribution >= 0.6 is 23.1 Å². The van der Waals surface area contributed by atoms with E-state index in [2.05, 4.69) is 16.3 Å². The van der Waals surface area contributed by atoms with Crippen LogP contribution in [-0.2, 0) is 5.75 Å². The Hall–Kier alpha value is -1.58. The number of aromatic nitrogens is 2. The summed E-state index contributed by atoms with van der Waals surface area (Å²) in [4.78, 5) is 1.95. The van der Waals surface area contributed by atoms with E-state index in [0.717, 1.165) is 15.2 Å². The molecule has 0 unspecified atom stereocenters. The van der Waals surface area contributed by atoms with Crippen LogP contribution in [0.4, 0.5) is 5.13 Å². The first kappa shape index (κ1) is 12.9. The Balaban J connectivity index is 1.96. The highest BCUT2D eigenvalue weighted by atomic mass is 32.2. The van der Waals surface area contributed by atoms with Crippen LogP contribution in [0, 0.1) is 11.3 Å². The molecule has 0 fully saturated rings. The van der Waals surface area contributed by atoms with E-state index in [0.29, 0.717) is 5.56 Å². The molecule has 0 aliphatic rings. The fourth-order valence-electron chi connectivity index (χ4n) is 1.26. The first-order chi connectivity index (χ1) is 8.69. The van der Waals surface area contributed by atoms with Gasteiger partial charge in [0.2, 0.25) is 5.13 Å². The third-order valence-corrected chi connectivity index (χ3v) is 4.52. The molecule has 1 aromatic carbocycles. The quantitative estimate of drug-likeness (QED) is 0.804. The minimum absolute atomic E-state index is 0.689. The molecule has 0 saturated carbocycles. The summed E-state index contributed by atoms with van der Waals surface area (Å²) in [5.41, 5.74) is 1.87. The number of benzene rings is 1. The van der Waals surface area contributed by atoms with Crippen molar-refractivity contribution in [2.24, 2.45) is 0 Å². The molecule has 0 aliphatic heterocycles. The molecule has 18 heavy (non-hydrogen) atoms. The molecule has 0 bridgehead atoms. The van der Waals surface area contributed by atoms with Gasteiger partial charge >= 0.3 is 0 Å². The number of hydrogen-bond donors (Lipinski definition) is 0. The topological polar surface area (TPSA) is 52.8 Å². The van der Waals surface area contributed by atoms with Gasteiger partial charge in [-0.05, 0) is 17.7 Å². The summed E-state index contributed by atoms with van der Waals surface area (Å²) in [5, 5.41) is 17.8. The molecule has 0 radical (unpaired) electrons. The van der Waals surface area contributed by atoms with Crippen molar-refractivity contribution in [3.05, 3.63) is 35.4 Å². The predicted octanol–water partition coefficient (Wildman–Crippen LogP) is 2.77. The van der Waals surface area contributed by atoms with E-state index in [1.165, 1.54) is 5.56 Å². The van der Waals surface area contributed by atoms with Crippen molar-refractivity contribution in [1.29, 1.82) is 5.26 Å². The van der Waals surface area contributed by atoms with Gasteiger partial charge in [0.05, 0.1) is 11.6 Å². The van der Waals surface area contributed by atoms with Gasteiger partial charge in [-0.3, -0.25) is 0 Å². The van der Waals surface area contributed by atoms with E-state index in [4.69, 9.17) is 5.26 Å². The van der Waals surface area contributed by atoms with Gasteiger partial charge in [-0.2, -0.15) is 5.26 Å². The molecule has 0 amide bonds. The maximum absolute atomic E-state index is 8.71. The Morgan fingerprint density at radius 1 is 1.28 bits per heavy atom. The molecular formula is C12H12N4S2. The SMILES string of the molecule is CN(C)c1nnc(SCc2ccc(C#N)cc2)s1. The smallest absolute Gasteiger partial charge is 0.208 e. The van der Waals surface area contributed by atoms with E-state index in [9.17, 15) is 0 Å². The van der Waals surface area contributed by atoms with Gasteiger partial charge in [-0.1, -0.05) is 35.2 Å². The average Bonchev–Trinajstić information content (AvgIpc) is 2.86. The van der Waals surface area contributed by atoms with Crippen LogP contribution in [0.2, 0.25) is 0 Å². The Morgan fingerprint density at radius 3 is 2.56 bits per heavy atom. The highest BCUT2D eigenvalue weighted by Gasteiger charge is 2.06. The van der Waals surface area contributed by atoms with Crippen molar-refractivity contribution in [3.8, 4) is 6.07 Å². The molecule has 0 aliphatic carbocycles. The molecule has 1 aromatic heterocycles. The Morgan fingerprint density at radius 2 is 2.00 bits per heavy atom. The summed E-state index contributed by atoms with van der Waals surface area (Å²) in [7, 11) is 3.91. The Bertz CT molecular complexity index is 554. The number of hydrogen-bond acceptors (Lipinski definition) is 6. The summed E-state index contributed by atoms with van der Waals surface area (Å²) in [6.07, 6.45) is 0. The normalized spacial score (nSPS) is 10.1. The Labute approximate surface area is 114 Å². The maximum atomic E-state index is 8.71. The van der Waals surface area contributed by atoms with Gasteiger partial charge < -0.3 is 4.90 Å². The third-order valence-electron chi connectivity index (χ3n) is 2.22. The first-order valence-electron chi connectivity index (χ1n) is 5.31. The van der Waals surface area contributed by atoms with Crippen molar-refractivity contribution in [2.45, 2.75) is 10.1 Å². The zero-order chi connectivity index (χ0) is 13.0. The molecule has 2 aromatic rings. The second kappa shape index (κ2) is 5.85. The highest BCUT2D eigenvalue weighted by molar-refractivity contribution is 8.00. The van der Waals surface area contributed by atoms with Gasteiger partial charge in [-0.25, -0.2) is 0 Å². The minimum Gasteiger partial charge on any atom is -0.353 e. The summed E-state index contributed by atoms with van der Waals surface area (Å²) in [6, 6.07) is 9.72. The molecule has 0 saturated heterocycles. The van der Waals surface area contributed by atoms with Crippen molar-refractivity contribution in [1.82, 2.24) is 10.2 Å². The molecular weight excluding hydrogens is 264 g/mol. The number of anilines is 1. The first-order valence-corrected chi connectivity index (χ1v) is 7.12. The molecule has 0 atom stereocenters. The average molecular weight is 276 g/mol. The fraction of sp³-hybridized carbons (Fsp3) is 0.250. The molecule has 1 heterocycles. The molecule has 92 valence electrons. The van der Waals surface area contributed by atoms with Gasteiger partial charge in [0.15, 0.2) is 4.34 Å². The summed E-state index contributed by atoms with van der Waals surface area (Å²) in [6.45, 7) is 0. The lowest BCUT2D eigenvalue weighted by Gasteiger charge is -2.03. The van der Waals surface area contributed by atoms with Crippen molar-refractivity contribution in [3.63, 3.8) is 0 Å². The second-order valence-electron chi connectivity index (χ2n) is 3.84. The van der Waals surface area contributed by atoms with E-state index < -0.39 is 0 Å². The van der Waals surface area contributed by atoms with Gasteiger partial charge in [-0.15, -0.1) is 10.2 Å². The van der Waals surface area contributed by atoms with Crippen LogP contribution in [0.3, 0.4) is 0 Å². The van der Waals surface area contributed by atoms with Crippen molar-refractivity contribution in [2.75, 3.05) is 19.0 Å². The summed E-state index contributed by atoms with van der Waals surface area (Å²) < 4.78 is 0.961. The van der Waals surface area contributed by atoms with Crippen LogP contribution in [0.5, 0.6) is 0 Å². The van der Waals surface area contributed by atoms with Crippen LogP contribution in [-0.4, -0.2) is 24.3 Å². The standard InChI is InChI=1S/C12H12N4S2/c1-16(2)11-14-15-12(18-11)17-8-10-5-3-9(7-13)4-6-10/h3-6H,8H2,1-2H3. The number of nitriles is 1. The van der Waals surface area contributed by atoms with Gasteiger partial charge in [0.25, 0.3) is 0 Å². The monoisotopic (exact) mass is 276 g/mol. The summed E-state index contributed by atoms with van der Waals surface area (Å²) in [5.74, 6) is 0.841. The van der Waals surface area contributed by atoms with Gasteiger partial charge in [0.1, 0.15) is 0 Å². The molecule has 4 nitrogen and oxygen atoms in total. The maximum Gasteiger partial charge on any atom is 0.208 e. The second-order valence-corrected chi connectivity index (χ2v) is 6.02. The van der Waals surface area contributed by atoms with Gasteiger partial charge in [0, 0.05) is 19.8 Å². The number of thioether (sulfide) groups is 1. The van der Waals surface area contributed by atoms with Crippen LogP contribution in [0.15, 0.2) is 28.6 Å². The highest BCUT2D eigenvalue weighted by Crippen LogP contribution is 2.29. The zero-order valence-electron chi connectivity index (χ0n) is 10.1. The predicted molar refractivity (Wildman–Crippen MR) is 75.0 cm³/mol. The lowest BCUT2D eigenvalue weighted by atomic mass is 10.2. The van der Waals surface area contributed by atoms with E-state index >= 15 is 0 Å². The van der Waals surface area contributed by atoms with E-state index in [-0.39, 0.29) is 0 Å². The number of rotatable bonds is 4. The molecule has 6 heteroatoms. The third kappa shape index (κ3) is 3.22. The largest absolute Gasteiger partial charge is 0.353 e. The number of nitrogens with zero attached hydrogens (tertiary/aromatic N) is 4. The van der Waals surface area contributed by atoms with E-state index in [1.807, 2.05) is 43.3 Å². The lowest BCUT2D eigenvalue weighted by molar-refractivity contribution is 0.972. The van der Waals surface area contributed by atoms with E-state index in [1.54, 1.807) is 23.1 Å². The summed E-state index contributed by atoms with van der Waals surface area (Å²) >= 11 is 3.24. The van der Waals surface area contributed by atoms with Crippen LogP contribution < -0.4 is 4.90 Å². The molecule has 0 N–H and O–H groups in total. The Kier molecular flexibility index (Phi) is 4.18. The van der Waals surface area contributed by atoms with Crippen molar-refractivity contribution < 1.29 is 0 Å². The molecule has 0 spiro atoms. The van der Waals surface area contributed by atoms with Crippen LogP contribution in [0.25, 0.3) is 0 Å². The minimum atomic E-state index is 0.689.